The molecule has 0 amide bonds. The third-order valence-electron chi connectivity index (χ3n) is 3.67. The molecule has 2 aromatic heterocycles. The highest BCUT2D eigenvalue weighted by molar-refractivity contribution is 5.77. The molecule has 4 nitrogen and oxygen atoms in total. The first kappa shape index (κ1) is 14.4. The first-order valence-corrected chi connectivity index (χ1v) is 7.13. The van der Waals surface area contributed by atoms with E-state index in [9.17, 15) is 9.18 Å². The lowest BCUT2D eigenvalue weighted by atomic mass is 10.1. The van der Waals surface area contributed by atoms with Gasteiger partial charge in [0.25, 0.3) is 5.56 Å². The number of halogens is 1. The standard InChI is InChI=1S/C17H16FN3O/c1-11-4-3-5-14(20-11)8-12(2)21-10-19-16-9-13(18)6-7-15(16)17(21)22/h3-7,9-10,12H,8H2,1-2H3/t12-/m0/s1. The molecule has 22 heavy (non-hydrogen) atoms. The minimum atomic E-state index is -0.394. The Hall–Kier alpha value is -2.56. The zero-order valence-electron chi connectivity index (χ0n) is 12.5. The molecule has 3 rings (SSSR count). The van der Waals surface area contributed by atoms with E-state index in [0.717, 1.165) is 11.4 Å². The van der Waals surface area contributed by atoms with Crippen molar-refractivity contribution in [2.24, 2.45) is 0 Å². The third-order valence-corrected chi connectivity index (χ3v) is 3.67. The van der Waals surface area contributed by atoms with Crippen LogP contribution in [0.2, 0.25) is 0 Å². The highest BCUT2D eigenvalue weighted by Gasteiger charge is 2.12. The highest BCUT2D eigenvalue weighted by atomic mass is 19.1. The van der Waals surface area contributed by atoms with Crippen LogP contribution < -0.4 is 5.56 Å². The number of hydrogen-bond acceptors (Lipinski definition) is 3. The van der Waals surface area contributed by atoms with E-state index in [1.165, 1.54) is 24.5 Å². The Morgan fingerprint density at radius 2 is 2.09 bits per heavy atom. The van der Waals surface area contributed by atoms with E-state index in [1.807, 2.05) is 32.0 Å². The molecule has 0 aliphatic rings. The van der Waals surface area contributed by atoms with Gasteiger partial charge in [-0.05, 0) is 38.1 Å². The Morgan fingerprint density at radius 1 is 1.27 bits per heavy atom. The lowest BCUT2D eigenvalue weighted by Crippen LogP contribution is -2.25. The van der Waals surface area contributed by atoms with Gasteiger partial charge >= 0.3 is 0 Å². The quantitative estimate of drug-likeness (QED) is 0.746. The fourth-order valence-electron chi connectivity index (χ4n) is 2.54. The Balaban J connectivity index is 1.97. The van der Waals surface area contributed by atoms with Crippen LogP contribution in [0, 0.1) is 12.7 Å². The normalized spacial score (nSPS) is 12.5. The van der Waals surface area contributed by atoms with Gasteiger partial charge in [-0.25, -0.2) is 9.37 Å². The summed E-state index contributed by atoms with van der Waals surface area (Å²) < 4.78 is 14.8. The molecule has 0 saturated carbocycles. The molecular weight excluding hydrogens is 281 g/mol. The van der Waals surface area contributed by atoms with E-state index < -0.39 is 5.82 Å². The summed E-state index contributed by atoms with van der Waals surface area (Å²) in [6.45, 7) is 3.88. The van der Waals surface area contributed by atoms with Crippen LogP contribution in [-0.2, 0) is 6.42 Å². The first-order chi connectivity index (χ1) is 10.5. The van der Waals surface area contributed by atoms with Crippen LogP contribution in [0.25, 0.3) is 10.9 Å². The van der Waals surface area contributed by atoms with Gasteiger partial charge in [-0.1, -0.05) is 6.07 Å². The molecule has 1 atom stereocenters. The highest BCUT2D eigenvalue weighted by Crippen LogP contribution is 2.14. The number of aromatic nitrogens is 3. The maximum absolute atomic E-state index is 13.2. The lowest BCUT2D eigenvalue weighted by Gasteiger charge is -2.15. The van der Waals surface area contributed by atoms with Crippen LogP contribution in [0.1, 0.15) is 24.4 Å². The summed E-state index contributed by atoms with van der Waals surface area (Å²) in [5.74, 6) is -0.394. The van der Waals surface area contributed by atoms with Gasteiger partial charge in [0.15, 0.2) is 0 Å². The zero-order valence-corrected chi connectivity index (χ0v) is 12.5. The van der Waals surface area contributed by atoms with E-state index in [-0.39, 0.29) is 11.6 Å². The van der Waals surface area contributed by atoms with Crippen molar-refractivity contribution >= 4 is 10.9 Å². The number of pyridine rings is 1. The average molecular weight is 297 g/mol. The van der Waals surface area contributed by atoms with Crippen molar-refractivity contribution in [3.05, 3.63) is 70.3 Å². The van der Waals surface area contributed by atoms with Crippen LogP contribution in [0.5, 0.6) is 0 Å². The number of hydrogen-bond donors (Lipinski definition) is 0. The van der Waals surface area contributed by atoms with Crippen LogP contribution in [0.15, 0.2) is 47.5 Å². The number of fused-ring (bicyclic) bond motifs is 1. The van der Waals surface area contributed by atoms with Crippen molar-refractivity contribution in [3.63, 3.8) is 0 Å². The van der Waals surface area contributed by atoms with Crippen LogP contribution in [0.3, 0.4) is 0 Å². The first-order valence-electron chi connectivity index (χ1n) is 7.13. The van der Waals surface area contributed by atoms with Gasteiger partial charge in [-0.2, -0.15) is 0 Å². The Kier molecular flexibility index (Phi) is 3.71. The van der Waals surface area contributed by atoms with Crippen molar-refractivity contribution in [1.82, 2.24) is 14.5 Å². The van der Waals surface area contributed by atoms with Gasteiger partial charge < -0.3 is 0 Å². The molecule has 0 saturated heterocycles. The summed E-state index contributed by atoms with van der Waals surface area (Å²) in [6, 6.07) is 9.79. The van der Waals surface area contributed by atoms with Gasteiger partial charge in [-0.3, -0.25) is 14.3 Å². The lowest BCUT2D eigenvalue weighted by molar-refractivity contribution is 0.517. The minimum absolute atomic E-state index is 0.0799. The molecule has 0 radical (unpaired) electrons. The van der Waals surface area contributed by atoms with Crippen LogP contribution in [-0.4, -0.2) is 14.5 Å². The average Bonchev–Trinajstić information content (AvgIpc) is 2.47. The summed E-state index contributed by atoms with van der Waals surface area (Å²) in [5, 5.41) is 0.424. The minimum Gasteiger partial charge on any atom is -0.295 e. The van der Waals surface area contributed by atoms with Crippen molar-refractivity contribution in [2.75, 3.05) is 0 Å². The molecule has 0 aliphatic heterocycles. The topological polar surface area (TPSA) is 47.8 Å². The van der Waals surface area contributed by atoms with Gasteiger partial charge in [-0.15, -0.1) is 0 Å². The third kappa shape index (κ3) is 2.74. The number of nitrogens with zero attached hydrogens (tertiary/aromatic N) is 3. The fourth-order valence-corrected chi connectivity index (χ4v) is 2.54. The van der Waals surface area contributed by atoms with Crippen molar-refractivity contribution in [1.29, 1.82) is 0 Å². The fraction of sp³-hybridized carbons (Fsp3) is 0.235. The second-order valence-corrected chi connectivity index (χ2v) is 5.44. The maximum Gasteiger partial charge on any atom is 0.261 e. The summed E-state index contributed by atoms with van der Waals surface area (Å²) in [7, 11) is 0. The molecule has 0 aliphatic carbocycles. The Morgan fingerprint density at radius 3 is 2.86 bits per heavy atom. The van der Waals surface area contributed by atoms with Gasteiger partial charge in [0.1, 0.15) is 5.82 Å². The second-order valence-electron chi connectivity index (χ2n) is 5.44. The maximum atomic E-state index is 13.2. The molecule has 0 N–H and O–H groups in total. The Labute approximate surface area is 127 Å². The number of aryl methyl sites for hydroxylation is 1. The summed E-state index contributed by atoms with van der Waals surface area (Å²) >= 11 is 0. The van der Waals surface area contributed by atoms with Crippen molar-refractivity contribution < 1.29 is 4.39 Å². The smallest absolute Gasteiger partial charge is 0.261 e. The number of benzene rings is 1. The van der Waals surface area contributed by atoms with Gasteiger partial charge in [0.2, 0.25) is 0 Å². The van der Waals surface area contributed by atoms with Gasteiger partial charge in [0, 0.05) is 29.9 Å². The van der Waals surface area contributed by atoms with Crippen LogP contribution >= 0.6 is 0 Å². The van der Waals surface area contributed by atoms with E-state index in [1.54, 1.807) is 4.57 Å². The molecule has 0 spiro atoms. The number of rotatable bonds is 3. The van der Waals surface area contributed by atoms with E-state index in [0.29, 0.717) is 17.3 Å². The Bertz CT molecular complexity index is 888. The van der Waals surface area contributed by atoms with Crippen molar-refractivity contribution in [2.45, 2.75) is 26.3 Å². The SMILES string of the molecule is Cc1cccc(C[C@H](C)n2cnc3cc(F)ccc3c2=O)n1. The van der Waals surface area contributed by atoms with Crippen LogP contribution in [0.4, 0.5) is 4.39 Å². The molecule has 0 fully saturated rings. The molecule has 112 valence electrons. The predicted molar refractivity (Wildman–Crippen MR) is 83.4 cm³/mol. The molecule has 5 heteroatoms. The summed E-state index contributed by atoms with van der Waals surface area (Å²) in [6.07, 6.45) is 2.11. The molecule has 3 aromatic rings. The van der Waals surface area contributed by atoms with Crippen molar-refractivity contribution in [3.8, 4) is 0 Å². The molecule has 1 aromatic carbocycles. The van der Waals surface area contributed by atoms with E-state index in [2.05, 4.69) is 9.97 Å². The zero-order chi connectivity index (χ0) is 15.7. The second kappa shape index (κ2) is 5.67. The van der Waals surface area contributed by atoms with E-state index in [4.69, 9.17) is 0 Å². The predicted octanol–water partition coefficient (Wildman–Crippen LogP) is 3.04. The molecular formula is C17H16FN3O. The monoisotopic (exact) mass is 297 g/mol. The largest absolute Gasteiger partial charge is 0.295 e. The van der Waals surface area contributed by atoms with Gasteiger partial charge in [0.05, 0.1) is 17.2 Å². The summed E-state index contributed by atoms with van der Waals surface area (Å²) in [4.78, 5) is 21.2. The molecule has 0 unspecified atom stereocenters. The molecule has 2 heterocycles. The van der Waals surface area contributed by atoms with E-state index >= 15 is 0 Å². The molecule has 0 bridgehead atoms. The summed E-state index contributed by atoms with van der Waals surface area (Å²) in [5.41, 5.74) is 2.09.